The van der Waals surface area contributed by atoms with Crippen LogP contribution in [0.1, 0.15) is 52.8 Å². The van der Waals surface area contributed by atoms with E-state index in [1.54, 1.807) is 12.1 Å². The average molecular weight is 705 g/mol. The van der Waals surface area contributed by atoms with Crippen LogP contribution in [-0.4, -0.2) is 49.0 Å². The van der Waals surface area contributed by atoms with Gasteiger partial charge in [0.1, 0.15) is 5.82 Å². The maximum atomic E-state index is 14.0. The SMILES string of the molecule is CCC(c1ccc(C(F)(F)F)cc1CN(Cc1cc(C(F)(F)F)cc(C(F)(F)F)c1)/C(N=[N-])=N/NC)N1CCN(c2ccc(F)cc2)CC1. The summed E-state index contributed by atoms with van der Waals surface area (Å²) in [5, 5.41) is 6.76. The highest BCUT2D eigenvalue weighted by atomic mass is 19.4. The third-order valence-corrected chi connectivity index (χ3v) is 8.13. The monoisotopic (exact) mass is 704 g/mol. The number of halogens is 10. The van der Waals surface area contributed by atoms with Gasteiger partial charge in [-0.15, -0.1) is 5.10 Å². The quantitative estimate of drug-likeness (QED) is 0.0796. The van der Waals surface area contributed by atoms with Gasteiger partial charge in [-0.3, -0.25) is 4.90 Å². The number of guanidine groups is 1. The van der Waals surface area contributed by atoms with Crippen LogP contribution in [0.25, 0.3) is 5.53 Å². The molecular formula is C32H32F10N7-. The van der Waals surface area contributed by atoms with Gasteiger partial charge in [0.25, 0.3) is 0 Å². The summed E-state index contributed by atoms with van der Waals surface area (Å²) in [4.78, 5) is 5.06. The van der Waals surface area contributed by atoms with Crippen molar-refractivity contribution in [3.63, 3.8) is 0 Å². The molecular weight excluding hydrogens is 672 g/mol. The first-order valence-electron chi connectivity index (χ1n) is 15.0. The van der Waals surface area contributed by atoms with E-state index in [0.717, 1.165) is 22.7 Å². The first-order chi connectivity index (χ1) is 22.9. The molecule has 17 heteroatoms. The summed E-state index contributed by atoms with van der Waals surface area (Å²) in [6.45, 7) is 2.53. The second-order valence-corrected chi connectivity index (χ2v) is 11.3. The Morgan fingerprint density at radius 3 is 1.86 bits per heavy atom. The topological polar surface area (TPSA) is 68.8 Å². The molecule has 3 aromatic rings. The van der Waals surface area contributed by atoms with Crippen molar-refractivity contribution >= 4 is 11.6 Å². The van der Waals surface area contributed by atoms with Crippen molar-refractivity contribution in [3.05, 3.63) is 105 Å². The molecule has 1 fully saturated rings. The summed E-state index contributed by atoms with van der Waals surface area (Å²) >= 11 is 0. The zero-order valence-corrected chi connectivity index (χ0v) is 26.3. The smallest absolute Gasteiger partial charge is 0.416 e. The van der Waals surface area contributed by atoms with Gasteiger partial charge in [-0.05, 0) is 77.7 Å². The number of hydrazone groups is 1. The molecule has 0 radical (unpaired) electrons. The summed E-state index contributed by atoms with van der Waals surface area (Å²) in [5.41, 5.74) is 8.61. The van der Waals surface area contributed by atoms with E-state index in [2.05, 4.69) is 20.5 Å². The van der Waals surface area contributed by atoms with Gasteiger partial charge in [-0.2, -0.15) is 39.5 Å². The lowest BCUT2D eigenvalue weighted by molar-refractivity contribution is -0.143. The standard InChI is InChI=1S/C32H32F10N7/c1-3-28(48-12-10-47(11-13-48)26-7-5-25(33)6-8-26)27-9-4-22(30(34,35)36)16-21(27)19-49(29(45-43)46-44-2)18-20-14-23(31(37,38)39)17-24(15-20)32(40,41)42/h4-9,14-17,28,44H,3,10-13,18-19H2,1-2H3/q-1/b46-29+. The molecule has 0 spiro atoms. The predicted octanol–water partition coefficient (Wildman–Crippen LogP) is 8.67. The molecule has 4 rings (SSSR count). The van der Waals surface area contributed by atoms with Gasteiger partial charge >= 0.3 is 18.5 Å². The molecule has 266 valence electrons. The Kier molecular flexibility index (Phi) is 11.5. The van der Waals surface area contributed by atoms with Gasteiger partial charge in [0.2, 0.25) is 5.96 Å². The van der Waals surface area contributed by atoms with Gasteiger partial charge in [-0.25, -0.2) is 4.39 Å². The lowest BCUT2D eigenvalue weighted by Crippen LogP contribution is -2.47. The zero-order valence-electron chi connectivity index (χ0n) is 26.3. The molecule has 1 aliphatic rings. The van der Waals surface area contributed by atoms with Crippen LogP contribution in [-0.2, 0) is 31.6 Å². The lowest BCUT2D eigenvalue weighted by Gasteiger charge is -2.41. The molecule has 1 heterocycles. The molecule has 1 aliphatic heterocycles. The van der Waals surface area contributed by atoms with Crippen LogP contribution in [0.4, 0.5) is 49.6 Å². The molecule has 1 N–H and O–H groups in total. The van der Waals surface area contributed by atoms with Gasteiger partial charge in [0.05, 0.1) is 16.7 Å². The van der Waals surface area contributed by atoms with Gasteiger partial charge in [0.15, 0.2) is 0 Å². The van der Waals surface area contributed by atoms with Crippen LogP contribution in [0.2, 0.25) is 0 Å². The number of nitrogens with zero attached hydrogens (tertiary/aromatic N) is 6. The van der Waals surface area contributed by atoms with Crippen molar-refractivity contribution in [3.8, 4) is 0 Å². The second kappa shape index (κ2) is 15.0. The minimum atomic E-state index is -5.15. The summed E-state index contributed by atoms with van der Waals surface area (Å²) in [5.74, 6) is -0.985. The van der Waals surface area contributed by atoms with E-state index < -0.39 is 65.9 Å². The Bertz CT molecular complexity index is 1580. The highest BCUT2D eigenvalue weighted by Gasteiger charge is 2.38. The van der Waals surface area contributed by atoms with Crippen molar-refractivity contribution in [2.45, 2.75) is 51.0 Å². The van der Waals surface area contributed by atoms with Crippen molar-refractivity contribution in [2.24, 2.45) is 10.2 Å². The minimum Gasteiger partial charge on any atom is -0.704 e. The minimum absolute atomic E-state index is 0.0399. The Labute approximate surface area is 275 Å². The van der Waals surface area contributed by atoms with Crippen LogP contribution in [0.3, 0.4) is 0 Å². The van der Waals surface area contributed by atoms with E-state index in [0.29, 0.717) is 50.3 Å². The third kappa shape index (κ3) is 9.39. The number of piperazine rings is 1. The molecule has 1 atom stereocenters. The fourth-order valence-electron chi connectivity index (χ4n) is 5.85. The normalized spacial score (nSPS) is 15.7. The van der Waals surface area contributed by atoms with E-state index in [1.165, 1.54) is 25.2 Å². The number of nitrogens with one attached hydrogen (secondary N) is 1. The van der Waals surface area contributed by atoms with Gasteiger partial charge < -0.3 is 25.9 Å². The van der Waals surface area contributed by atoms with Crippen molar-refractivity contribution in [1.29, 1.82) is 0 Å². The van der Waals surface area contributed by atoms with Crippen LogP contribution in [0, 0.1) is 5.82 Å². The largest absolute Gasteiger partial charge is 0.704 e. The second-order valence-electron chi connectivity index (χ2n) is 11.3. The van der Waals surface area contributed by atoms with E-state index in [1.807, 2.05) is 11.8 Å². The van der Waals surface area contributed by atoms with Crippen molar-refractivity contribution in [1.82, 2.24) is 15.2 Å². The van der Waals surface area contributed by atoms with Crippen LogP contribution >= 0.6 is 0 Å². The molecule has 3 aromatic carbocycles. The molecule has 0 bridgehead atoms. The van der Waals surface area contributed by atoms with E-state index in [4.69, 9.17) is 0 Å². The van der Waals surface area contributed by atoms with Crippen LogP contribution in [0.5, 0.6) is 0 Å². The Morgan fingerprint density at radius 2 is 1.37 bits per heavy atom. The summed E-state index contributed by atoms with van der Waals surface area (Å²) < 4.78 is 137. The highest BCUT2D eigenvalue weighted by molar-refractivity contribution is 5.80. The maximum Gasteiger partial charge on any atom is 0.416 e. The zero-order chi connectivity index (χ0) is 36.1. The molecule has 1 unspecified atom stereocenters. The lowest BCUT2D eigenvalue weighted by atomic mass is 9.93. The molecule has 0 aromatic heterocycles. The van der Waals surface area contributed by atoms with E-state index in [-0.39, 0.29) is 17.4 Å². The number of hydrogen-bond donors (Lipinski definition) is 1. The summed E-state index contributed by atoms with van der Waals surface area (Å²) in [6.07, 6.45) is -14.6. The highest BCUT2D eigenvalue weighted by Crippen LogP contribution is 2.38. The Morgan fingerprint density at radius 1 is 0.796 bits per heavy atom. The van der Waals surface area contributed by atoms with Crippen molar-refractivity contribution < 1.29 is 43.9 Å². The summed E-state index contributed by atoms with van der Waals surface area (Å²) in [7, 11) is 1.28. The number of alkyl halides is 9. The first kappa shape index (κ1) is 37.4. The van der Waals surface area contributed by atoms with Crippen LogP contribution < -0.4 is 10.3 Å². The average Bonchev–Trinajstić information content (AvgIpc) is 3.03. The molecule has 7 nitrogen and oxygen atoms in total. The first-order valence-corrected chi connectivity index (χ1v) is 15.0. The number of anilines is 1. The number of hydrogen-bond acceptors (Lipinski definition) is 4. The van der Waals surface area contributed by atoms with Gasteiger partial charge in [-0.1, -0.05) is 13.0 Å². The fourth-order valence-corrected chi connectivity index (χ4v) is 5.85. The van der Waals surface area contributed by atoms with E-state index >= 15 is 0 Å². The predicted molar refractivity (Wildman–Crippen MR) is 163 cm³/mol. The molecule has 1 saturated heterocycles. The third-order valence-electron chi connectivity index (χ3n) is 8.13. The molecule has 0 amide bonds. The molecule has 0 saturated carbocycles. The Hall–Kier alpha value is -4.41. The maximum absolute atomic E-state index is 14.0. The number of benzene rings is 3. The summed E-state index contributed by atoms with van der Waals surface area (Å²) in [6, 6.07) is 9.51. The van der Waals surface area contributed by atoms with Crippen LogP contribution in [0.15, 0.2) is 70.9 Å². The Balaban J connectivity index is 1.74. The van der Waals surface area contributed by atoms with Gasteiger partial charge in [0, 0.05) is 58.0 Å². The molecule has 49 heavy (non-hydrogen) atoms. The molecule has 0 aliphatic carbocycles. The fraction of sp³-hybridized carbons (Fsp3) is 0.406. The number of rotatable bonds is 9. The van der Waals surface area contributed by atoms with E-state index in [9.17, 15) is 49.4 Å². The van der Waals surface area contributed by atoms with Crippen molar-refractivity contribution in [2.75, 3.05) is 38.1 Å².